The molecule has 29 heavy (non-hydrogen) atoms. The summed E-state index contributed by atoms with van der Waals surface area (Å²) in [6, 6.07) is 15.7. The molecule has 2 atom stereocenters. The van der Waals surface area contributed by atoms with Gasteiger partial charge < -0.3 is 16.2 Å². The molecule has 6 heteroatoms. The molecule has 0 aliphatic carbocycles. The minimum Gasteiger partial charge on any atom is -0.480 e. The highest BCUT2D eigenvalue weighted by Crippen LogP contribution is 2.29. The Balaban J connectivity index is 2.33. The van der Waals surface area contributed by atoms with Crippen molar-refractivity contribution < 1.29 is 14.7 Å². The molecule has 0 saturated carbocycles. The molecule has 2 aromatic rings. The van der Waals surface area contributed by atoms with Gasteiger partial charge in [0.25, 0.3) is 0 Å². The molecule has 1 amide bonds. The number of carbonyl (C=O) groups is 2. The van der Waals surface area contributed by atoms with Crippen LogP contribution < -0.4 is 11.1 Å². The van der Waals surface area contributed by atoms with Gasteiger partial charge in [-0.25, -0.2) is 4.79 Å². The number of aliphatic carboxylic acids is 1. The van der Waals surface area contributed by atoms with Crippen LogP contribution in [0.1, 0.15) is 49.8 Å². The molecule has 5 N–H and O–H groups in total. The first-order valence-corrected chi connectivity index (χ1v) is 9.80. The molecule has 0 unspecified atom stereocenters. The molecule has 0 heterocycles. The third-order valence-electron chi connectivity index (χ3n) is 5.18. The Morgan fingerprint density at radius 1 is 1.14 bits per heavy atom. The average Bonchev–Trinajstić information content (AvgIpc) is 2.71. The number of nitrogen functional groups attached to an aromatic ring is 1. The van der Waals surface area contributed by atoms with E-state index in [0.717, 1.165) is 24.0 Å². The average molecular weight is 396 g/mol. The van der Waals surface area contributed by atoms with Gasteiger partial charge in [-0.05, 0) is 30.9 Å². The number of rotatable bonds is 10. The second-order valence-corrected chi connectivity index (χ2v) is 7.49. The zero-order chi connectivity index (χ0) is 21.4. The van der Waals surface area contributed by atoms with E-state index < -0.39 is 17.4 Å². The largest absolute Gasteiger partial charge is 0.480 e. The number of benzene rings is 2. The van der Waals surface area contributed by atoms with E-state index in [4.69, 9.17) is 11.1 Å². The quantitative estimate of drug-likeness (QED) is 0.365. The van der Waals surface area contributed by atoms with E-state index in [2.05, 4.69) is 5.32 Å². The smallest absolute Gasteiger partial charge is 0.326 e. The van der Waals surface area contributed by atoms with E-state index in [1.807, 2.05) is 56.3 Å². The summed E-state index contributed by atoms with van der Waals surface area (Å²) >= 11 is 0. The fraction of sp³-hybridized carbons (Fsp3) is 0.348. The summed E-state index contributed by atoms with van der Waals surface area (Å²) in [5, 5.41) is 19.8. The minimum absolute atomic E-state index is 0.0136. The topological polar surface area (TPSA) is 116 Å². The van der Waals surface area contributed by atoms with E-state index >= 15 is 0 Å². The second kappa shape index (κ2) is 9.87. The van der Waals surface area contributed by atoms with Gasteiger partial charge in [-0.1, -0.05) is 74.4 Å². The first kappa shape index (κ1) is 22.1. The first-order chi connectivity index (χ1) is 13.8. The third kappa shape index (κ3) is 5.67. The number of carboxylic acids is 1. The fourth-order valence-electron chi connectivity index (χ4n) is 3.31. The monoisotopic (exact) mass is 395 g/mol. The highest BCUT2D eigenvalue weighted by atomic mass is 16.4. The molecule has 0 fully saturated rings. The van der Waals surface area contributed by atoms with Crippen LogP contribution in [-0.2, 0) is 21.4 Å². The summed E-state index contributed by atoms with van der Waals surface area (Å²) in [4.78, 5) is 24.9. The minimum atomic E-state index is -1.02. The van der Waals surface area contributed by atoms with Crippen LogP contribution in [0.5, 0.6) is 0 Å². The Bertz CT molecular complexity index is 849. The maximum atomic E-state index is 13.3. The van der Waals surface area contributed by atoms with Gasteiger partial charge in [0.2, 0.25) is 5.91 Å². The number of unbranched alkanes of at least 4 members (excludes halogenated alkanes) is 1. The molecule has 0 aliphatic heterocycles. The summed E-state index contributed by atoms with van der Waals surface area (Å²) < 4.78 is 0. The zero-order valence-electron chi connectivity index (χ0n) is 16.9. The van der Waals surface area contributed by atoms with Crippen molar-refractivity contribution in [1.82, 2.24) is 5.32 Å². The van der Waals surface area contributed by atoms with Crippen LogP contribution in [0.3, 0.4) is 0 Å². The molecule has 0 aromatic heterocycles. The summed E-state index contributed by atoms with van der Waals surface area (Å²) in [6.45, 7) is 3.81. The Morgan fingerprint density at radius 3 is 2.28 bits per heavy atom. The van der Waals surface area contributed by atoms with Crippen LogP contribution in [0.15, 0.2) is 54.6 Å². The number of nitrogens with one attached hydrogen (secondary N) is 2. The zero-order valence-corrected chi connectivity index (χ0v) is 16.9. The lowest BCUT2D eigenvalue weighted by Crippen LogP contribution is -2.50. The standard InChI is InChI=1S/C23H29N3O3/c1-3-4-10-19(21(27)28)26-22(29)23(2,18-8-6-5-7-9-18)15-16-11-13-17(14-12-16)20(24)25/h5-9,11-14,19H,3-4,10,15H2,1-2H3,(H3,24,25)(H,26,29)(H,27,28)/t19-,23+/m0/s1. The molecule has 0 aliphatic rings. The van der Waals surface area contributed by atoms with Gasteiger partial charge in [-0.3, -0.25) is 10.2 Å². The predicted molar refractivity (Wildman–Crippen MR) is 114 cm³/mol. The number of hydrogen-bond acceptors (Lipinski definition) is 3. The Morgan fingerprint density at radius 2 is 1.76 bits per heavy atom. The summed E-state index contributed by atoms with van der Waals surface area (Å²) in [5.41, 5.74) is 6.90. The maximum absolute atomic E-state index is 13.3. The van der Waals surface area contributed by atoms with Crippen LogP contribution in [0, 0.1) is 5.41 Å². The molecule has 6 nitrogen and oxygen atoms in total. The fourth-order valence-corrected chi connectivity index (χ4v) is 3.31. The molecular weight excluding hydrogens is 366 g/mol. The van der Waals surface area contributed by atoms with Gasteiger partial charge >= 0.3 is 5.97 Å². The van der Waals surface area contributed by atoms with Crippen molar-refractivity contribution in [1.29, 1.82) is 5.41 Å². The number of carboxylic acid groups (broad SMARTS) is 1. The Hall–Kier alpha value is -3.15. The lowest BCUT2D eigenvalue weighted by molar-refractivity contribution is -0.143. The third-order valence-corrected chi connectivity index (χ3v) is 5.18. The number of hydrogen-bond donors (Lipinski definition) is 4. The molecule has 0 spiro atoms. The number of amides is 1. The number of nitrogens with two attached hydrogens (primary N) is 1. The molecule has 154 valence electrons. The van der Waals surface area contributed by atoms with Gasteiger partial charge in [0.1, 0.15) is 11.9 Å². The van der Waals surface area contributed by atoms with Crippen LogP contribution in [0.4, 0.5) is 0 Å². The van der Waals surface area contributed by atoms with Crippen LogP contribution in [0.25, 0.3) is 0 Å². The van der Waals surface area contributed by atoms with Crippen molar-refractivity contribution in [2.45, 2.75) is 51.0 Å². The van der Waals surface area contributed by atoms with Crippen molar-refractivity contribution in [3.05, 3.63) is 71.3 Å². The van der Waals surface area contributed by atoms with E-state index in [0.29, 0.717) is 18.4 Å². The predicted octanol–water partition coefficient (Wildman–Crippen LogP) is 3.23. The van der Waals surface area contributed by atoms with Gasteiger partial charge in [0, 0.05) is 5.56 Å². The number of amidine groups is 1. The summed E-state index contributed by atoms with van der Waals surface area (Å²) in [6.07, 6.45) is 2.38. The second-order valence-electron chi connectivity index (χ2n) is 7.49. The van der Waals surface area contributed by atoms with Gasteiger partial charge in [0.05, 0.1) is 5.41 Å². The highest BCUT2D eigenvalue weighted by Gasteiger charge is 2.37. The first-order valence-electron chi connectivity index (χ1n) is 9.80. The highest BCUT2D eigenvalue weighted by molar-refractivity contribution is 5.95. The summed E-state index contributed by atoms with van der Waals surface area (Å²) in [5.74, 6) is -1.35. The van der Waals surface area contributed by atoms with Crippen LogP contribution >= 0.6 is 0 Å². The molecule has 2 rings (SSSR count). The lowest BCUT2D eigenvalue weighted by atomic mass is 9.76. The van der Waals surface area contributed by atoms with E-state index in [-0.39, 0.29) is 11.7 Å². The molecule has 0 bridgehead atoms. The molecule has 2 aromatic carbocycles. The molecular formula is C23H29N3O3. The molecule has 0 saturated heterocycles. The van der Waals surface area contributed by atoms with Crippen molar-refractivity contribution in [3.63, 3.8) is 0 Å². The van der Waals surface area contributed by atoms with Crippen LogP contribution in [-0.4, -0.2) is 28.9 Å². The van der Waals surface area contributed by atoms with E-state index in [1.165, 1.54) is 0 Å². The lowest BCUT2D eigenvalue weighted by Gasteiger charge is -2.31. The van der Waals surface area contributed by atoms with Crippen molar-refractivity contribution >= 4 is 17.7 Å². The van der Waals surface area contributed by atoms with Crippen molar-refractivity contribution in [2.75, 3.05) is 0 Å². The van der Waals surface area contributed by atoms with E-state index in [1.54, 1.807) is 12.1 Å². The summed E-state index contributed by atoms with van der Waals surface area (Å²) in [7, 11) is 0. The Kier molecular flexibility index (Phi) is 7.53. The normalized spacial score (nSPS) is 13.9. The van der Waals surface area contributed by atoms with Crippen molar-refractivity contribution in [3.8, 4) is 0 Å². The van der Waals surface area contributed by atoms with Gasteiger partial charge in [-0.15, -0.1) is 0 Å². The molecule has 0 radical (unpaired) electrons. The van der Waals surface area contributed by atoms with E-state index in [9.17, 15) is 14.7 Å². The van der Waals surface area contributed by atoms with Gasteiger partial charge in [0.15, 0.2) is 0 Å². The SMILES string of the molecule is CCCC[C@H](NC(=O)[C@](C)(Cc1ccc(C(=N)N)cc1)c1ccccc1)C(=O)O. The Labute approximate surface area is 171 Å². The van der Waals surface area contributed by atoms with Gasteiger partial charge in [-0.2, -0.15) is 0 Å². The maximum Gasteiger partial charge on any atom is 0.326 e. The number of carbonyl (C=O) groups excluding carboxylic acids is 1. The van der Waals surface area contributed by atoms with Crippen molar-refractivity contribution in [2.24, 2.45) is 5.73 Å². The van der Waals surface area contributed by atoms with Crippen LogP contribution in [0.2, 0.25) is 0 Å².